The first-order chi connectivity index (χ1) is 9.63. The zero-order valence-corrected chi connectivity index (χ0v) is 13.2. The van der Waals surface area contributed by atoms with Gasteiger partial charge in [-0.3, -0.25) is 0 Å². The quantitative estimate of drug-likeness (QED) is 0.816. The van der Waals surface area contributed by atoms with Crippen molar-refractivity contribution in [1.82, 2.24) is 10.3 Å². The van der Waals surface area contributed by atoms with Crippen LogP contribution in [0, 0.1) is 0 Å². The highest BCUT2D eigenvalue weighted by atomic mass is 32.1. The second-order valence-corrected chi connectivity index (χ2v) is 6.39. The van der Waals surface area contributed by atoms with Crippen LogP contribution in [0.4, 0.5) is 5.69 Å². The second kappa shape index (κ2) is 7.41. The molecule has 108 valence electrons. The van der Waals surface area contributed by atoms with Crippen molar-refractivity contribution in [3.8, 4) is 0 Å². The lowest BCUT2D eigenvalue weighted by Gasteiger charge is -2.14. The maximum absolute atomic E-state index is 4.28. The van der Waals surface area contributed by atoms with Gasteiger partial charge in [-0.15, -0.1) is 11.3 Å². The molecule has 0 amide bonds. The topological polar surface area (TPSA) is 37.0 Å². The van der Waals surface area contributed by atoms with Gasteiger partial charge < -0.3 is 10.6 Å². The molecule has 0 saturated heterocycles. The number of rotatable bonds is 7. The van der Waals surface area contributed by atoms with Crippen molar-refractivity contribution in [2.45, 2.75) is 45.8 Å². The molecule has 3 nitrogen and oxygen atoms in total. The molecule has 1 unspecified atom stereocenters. The molecule has 2 N–H and O–H groups in total. The number of benzene rings is 1. The smallest absolute Gasteiger partial charge is 0.106 e. The summed E-state index contributed by atoms with van der Waals surface area (Å²) in [5, 5.41) is 10.1. The van der Waals surface area contributed by atoms with Crippen LogP contribution in [0.15, 0.2) is 35.8 Å². The molecule has 0 fully saturated rings. The van der Waals surface area contributed by atoms with Crippen LogP contribution in [0.25, 0.3) is 0 Å². The Kier molecular flexibility index (Phi) is 5.56. The van der Waals surface area contributed by atoms with Crippen molar-refractivity contribution in [3.05, 3.63) is 46.4 Å². The van der Waals surface area contributed by atoms with E-state index >= 15 is 0 Å². The van der Waals surface area contributed by atoms with Crippen molar-refractivity contribution >= 4 is 17.0 Å². The third kappa shape index (κ3) is 4.94. The molecular formula is C16H23N3S. The number of nitrogens with one attached hydrogen (secondary N) is 2. The summed E-state index contributed by atoms with van der Waals surface area (Å²) in [4.78, 5) is 4.28. The second-order valence-electron chi connectivity index (χ2n) is 5.41. The number of hydrogen-bond donors (Lipinski definition) is 2. The Bertz CT molecular complexity index is 491. The summed E-state index contributed by atoms with van der Waals surface area (Å²) < 4.78 is 0. The number of aromatic nitrogens is 1. The summed E-state index contributed by atoms with van der Waals surface area (Å²) in [6.07, 6.45) is 2.89. The minimum Gasteiger partial charge on any atom is -0.383 e. The summed E-state index contributed by atoms with van der Waals surface area (Å²) in [6, 6.07) is 9.63. The van der Waals surface area contributed by atoms with E-state index in [-0.39, 0.29) is 0 Å². The number of thiazole rings is 1. The molecule has 1 atom stereocenters. The lowest BCUT2D eigenvalue weighted by molar-refractivity contribution is 0.544. The zero-order chi connectivity index (χ0) is 14.4. The van der Waals surface area contributed by atoms with Gasteiger partial charge in [0.05, 0.1) is 0 Å². The maximum Gasteiger partial charge on any atom is 0.106 e. The molecule has 2 aromatic rings. The fraction of sp³-hybridized carbons (Fsp3) is 0.438. The van der Waals surface area contributed by atoms with Crippen LogP contribution < -0.4 is 10.6 Å². The molecule has 1 heterocycles. The van der Waals surface area contributed by atoms with Gasteiger partial charge in [-0.2, -0.15) is 0 Å². The normalized spacial score (nSPS) is 12.6. The van der Waals surface area contributed by atoms with Crippen LogP contribution in [0.2, 0.25) is 0 Å². The van der Waals surface area contributed by atoms with E-state index in [0.29, 0.717) is 12.1 Å². The summed E-state index contributed by atoms with van der Waals surface area (Å²) in [6.45, 7) is 7.37. The summed E-state index contributed by atoms with van der Waals surface area (Å²) in [7, 11) is 0. The van der Waals surface area contributed by atoms with Crippen LogP contribution in [0.1, 0.15) is 31.3 Å². The predicted molar refractivity (Wildman–Crippen MR) is 87.3 cm³/mol. The Morgan fingerprint density at radius 2 is 1.90 bits per heavy atom. The van der Waals surface area contributed by atoms with E-state index in [2.05, 4.69) is 60.7 Å². The lowest BCUT2D eigenvalue weighted by atomic mass is 10.1. The van der Waals surface area contributed by atoms with Crippen LogP contribution in [0.3, 0.4) is 0 Å². The third-order valence-corrected chi connectivity index (χ3v) is 3.82. The van der Waals surface area contributed by atoms with Crippen LogP contribution in [-0.4, -0.2) is 17.1 Å². The molecule has 1 aromatic heterocycles. The van der Waals surface area contributed by atoms with Gasteiger partial charge in [0.25, 0.3) is 0 Å². The van der Waals surface area contributed by atoms with E-state index in [4.69, 9.17) is 0 Å². The first kappa shape index (κ1) is 15.0. The van der Waals surface area contributed by atoms with E-state index in [1.807, 2.05) is 11.6 Å². The van der Waals surface area contributed by atoms with Gasteiger partial charge in [0.15, 0.2) is 0 Å². The molecule has 1 aromatic carbocycles. The molecule has 0 saturated carbocycles. The van der Waals surface area contributed by atoms with Gasteiger partial charge >= 0.3 is 0 Å². The Labute approximate surface area is 125 Å². The van der Waals surface area contributed by atoms with Gasteiger partial charge in [0.2, 0.25) is 0 Å². The van der Waals surface area contributed by atoms with E-state index < -0.39 is 0 Å². The number of anilines is 1. The van der Waals surface area contributed by atoms with Crippen LogP contribution in [0.5, 0.6) is 0 Å². The van der Waals surface area contributed by atoms with Crippen molar-refractivity contribution in [2.75, 3.05) is 5.32 Å². The standard InChI is InChI=1S/C16H23N3S/c1-12(2)19-15-6-4-14(5-7-15)10-13(3)18-11-16-17-8-9-20-16/h4-9,12-13,18-19H,10-11H2,1-3H3. The average Bonchev–Trinajstić information content (AvgIpc) is 2.91. The average molecular weight is 289 g/mol. The molecule has 0 bridgehead atoms. The summed E-state index contributed by atoms with van der Waals surface area (Å²) in [5.41, 5.74) is 2.55. The Morgan fingerprint density at radius 3 is 2.50 bits per heavy atom. The van der Waals surface area contributed by atoms with Crippen molar-refractivity contribution in [3.63, 3.8) is 0 Å². The SMILES string of the molecule is CC(C)Nc1ccc(CC(C)NCc2nccs2)cc1. The van der Waals surface area contributed by atoms with Gasteiger partial charge in [0.1, 0.15) is 5.01 Å². The monoisotopic (exact) mass is 289 g/mol. The Hall–Kier alpha value is -1.39. The first-order valence-corrected chi connectivity index (χ1v) is 7.98. The Morgan fingerprint density at radius 1 is 1.15 bits per heavy atom. The minimum atomic E-state index is 0.447. The molecule has 0 aliphatic rings. The predicted octanol–water partition coefficient (Wildman–Crippen LogP) is 3.68. The van der Waals surface area contributed by atoms with E-state index in [1.165, 1.54) is 11.3 Å². The van der Waals surface area contributed by atoms with Gasteiger partial charge in [-0.25, -0.2) is 4.98 Å². The third-order valence-electron chi connectivity index (χ3n) is 3.04. The zero-order valence-electron chi connectivity index (χ0n) is 12.4. The highest BCUT2D eigenvalue weighted by molar-refractivity contribution is 7.09. The molecule has 0 radical (unpaired) electrons. The lowest BCUT2D eigenvalue weighted by Crippen LogP contribution is -2.27. The van der Waals surface area contributed by atoms with Gasteiger partial charge in [-0.1, -0.05) is 12.1 Å². The van der Waals surface area contributed by atoms with Gasteiger partial charge in [-0.05, 0) is 44.9 Å². The van der Waals surface area contributed by atoms with Crippen molar-refractivity contribution < 1.29 is 0 Å². The van der Waals surface area contributed by atoms with Crippen molar-refractivity contribution in [2.24, 2.45) is 0 Å². The van der Waals surface area contributed by atoms with E-state index in [9.17, 15) is 0 Å². The number of hydrogen-bond acceptors (Lipinski definition) is 4. The fourth-order valence-electron chi connectivity index (χ4n) is 2.10. The molecular weight excluding hydrogens is 266 g/mol. The largest absolute Gasteiger partial charge is 0.383 e. The van der Waals surface area contributed by atoms with E-state index in [1.54, 1.807) is 11.3 Å². The highest BCUT2D eigenvalue weighted by Gasteiger charge is 2.04. The van der Waals surface area contributed by atoms with Crippen molar-refractivity contribution in [1.29, 1.82) is 0 Å². The molecule has 0 aliphatic carbocycles. The summed E-state index contributed by atoms with van der Waals surface area (Å²) >= 11 is 1.70. The molecule has 4 heteroatoms. The molecule has 20 heavy (non-hydrogen) atoms. The van der Waals surface area contributed by atoms with E-state index in [0.717, 1.165) is 18.0 Å². The van der Waals surface area contributed by atoms with Crippen LogP contribution >= 0.6 is 11.3 Å². The first-order valence-electron chi connectivity index (χ1n) is 7.10. The highest BCUT2D eigenvalue weighted by Crippen LogP contribution is 2.12. The summed E-state index contributed by atoms with van der Waals surface area (Å²) in [5.74, 6) is 0. The number of nitrogens with zero attached hydrogens (tertiary/aromatic N) is 1. The minimum absolute atomic E-state index is 0.447. The van der Waals surface area contributed by atoms with Crippen LogP contribution in [-0.2, 0) is 13.0 Å². The van der Waals surface area contributed by atoms with Gasteiger partial charge in [0, 0.05) is 35.9 Å². The maximum atomic E-state index is 4.28. The Balaban J connectivity index is 1.80. The molecule has 0 aliphatic heterocycles. The fourth-order valence-corrected chi connectivity index (χ4v) is 2.67. The molecule has 2 rings (SSSR count). The molecule has 0 spiro atoms.